The molecule has 1 saturated heterocycles. The molecule has 5 nitrogen and oxygen atoms in total. The molecule has 2 heterocycles. The Morgan fingerprint density at radius 1 is 1.19 bits per heavy atom. The van der Waals surface area contributed by atoms with Gasteiger partial charge in [0.2, 0.25) is 0 Å². The first-order chi connectivity index (χ1) is 12.9. The average Bonchev–Trinajstić information content (AvgIpc) is 3.45. The lowest BCUT2D eigenvalue weighted by Gasteiger charge is -2.31. The van der Waals surface area contributed by atoms with E-state index < -0.39 is 0 Å². The molecule has 1 aromatic carbocycles. The molecule has 1 saturated carbocycles. The van der Waals surface area contributed by atoms with Crippen molar-refractivity contribution in [3.63, 3.8) is 0 Å². The standard InChI is InChI=1S/C21H28N4OS/c1-14-4-7-18(15(2)12-14)19(26)16-8-10-24(11-9-16)13-25-21(27)23(3)20(22-25)17-5-6-17/h4,7,12,16-17H,5-6,8-11,13H2,1-3H3. The van der Waals surface area contributed by atoms with Crippen molar-refractivity contribution in [2.75, 3.05) is 13.1 Å². The monoisotopic (exact) mass is 384 g/mol. The van der Waals surface area contributed by atoms with Crippen LogP contribution in [0.1, 0.15) is 58.9 Å². The minimum absolute atomic E-state index is 0.126. The first-order valence-corrected chi connectivity index (χ1v) is 10.3. The van der Waals surface area contributed by atoms with Gasteiger partial charge in [-0.05, 0) is 57.3 Å². The lowest BCUT2D eigenvalue weighted by Crippen LogP contribution is -2.37. The van der Waals surface area contributed by atoms with Crippen molar-refractivity contribution in [3.8, 4) is 0 Å². The minimum atomic E-state index is 0.126. The molecule has 2 aliphatic rings. The molecule has 4 rings (SSSR count). The quantitative estimate of drug-likeness (QED) is 0.577. The van der Waals surface area contributed by atoms with E-state index in [4.69, 9.17) is 17.3 Å². The van der Waals surface area contributed by atoms with Crippen molar-refractivity contribution in [1.29, 1.82) is 0 Å². The summed E-state index contributed by atoms with van der Waals surface area (Å²) in [6.45, 7) is 6.66. The van der Waals surface area contributed by atoms with Crippen LogP contribution in [0.15, 0.2) is 18.2 Å². The Kier molecular flexibility index (Phi) is 5.03. The van der Waals surface area contributed by atoms with Gasteiger partial charge in [0, 0.05) is 37.5 Å². The maximum Gasteiger partial charge on any atom is 0.198 e. The topological polar surface area (TPSA) is 43.1 Å². The van der Waals surface area contributed by atoms with Crippen molar-refractivity contribution in [2.45, 2.75) is 52.1 Å². The van der Waals surface area contributed by atoms with Crippen LogP contribution in [0.4, 0.5) is 0 Å². The van der Waals surface area contributed by atoms with Crippen LogP contribution in [-0.4, -0.2) is 38.1 Å². The van der Waals surface area contributed by atoms with E-state index >= 15 is 0 Å². The fourth-order valence-corrected chi connectivity index (χ4v) is 4.32. The molecule has 0 amide bonds. The average molecular weight is 385 g/mol. The Hall–Kier alpha value is -1.79. The van der Waals surface area contributed by atoms with E-state index in [1.165, 1.54) is 18.4 Å². The normalized spacial score (nSPS) is 18.8. The van der Waals surface area contributed by atoms with Crippen LogP contribution in [0.3, 0.4) is 0 Å². The second kappa shape index (κ2) is 7.32. The highest BCUT2D eigenvalue weighted by Gasteiger charge is 2.30. The van der Waals surface area contributed by atoms with E-state index in [0.717, 1.165) is 54.3 Å². The van der Waals surface area contributed by atoms with Crippen LogP contribution >= 0.6 is 12.2 Å². The smallest absolute Gasteiger partial charge is 0.198 e. The summed E-state index contributed by atoms with van der Waals surface area (Å²) in [5.41, 5.74) is 3.19. The Morgan fingerprint density at radius 2 is 1.89 bits per heavy atom. The number of benzene rings is 1. The van der Waals surface area contributed by atoms with Gasteiger partial charge in [0.05, 0.1) is 6.67 Å². The number of carbonyl (C=O) groups excluding carboxylic acids is 1. The predicted octanol–water partition coefficient (Wildman–Crippen LogP) is 4.00. The molecule has 27 heavy (non-hydrogen) atoms. The molecular weight excluding hydrogens is 356 g/mol. The van der Waals surface area contributed by atoms with Gasteiger partial charge >= 0.3 is 0 Å². The highest BCUT2D eigenvalue weighted by atomic mass is 32.1. The zero-order chi connectivity index (χ0) is 19.1. The fraction of sp³-hybridized carbons (Fsp3) is 0.571. The van der Waals surface area contributed by atoms with Crippen molar-refractivity contribution >= 4 is 18.0 Å². The second-order valence-electron chi connectivity index (χ2n) is 8.19. The van der Waals surface area contributed by atoms with Crippen LogP contribution in [0.2, 0.25) is 0 Å². The maximum absolute atomic E-state index is 12.9. The summed E-state index contributed by atoms with van der Waals surface area (Å²) in [5, 5.41) is 4.75. The van der Waals surface area contributed by atoms with Gasteiger partial charge in [-0.1, -0.05) is 23.8 Å². The molecule has 0 N–H and O–H groups in total. The third-order valence-electron chi connectivity index (χ3n) is 5.96. The first kappa shape index (κ1) is 18.6. The third kappa shape index (κ3) is 3.78. The van der Waals surface area contributed by atoms with Gasteiger partial charge in [-0.15, -0.1) is 0 Å². The van der Waals surface area contributed by atoms with Crippen LogP contribution in [0.25, 0.3) is 0 Å². The van der Waals surface area contributed by atoms with Gasteiger partial charge in [-0.2, -0.15) is 5.10 Å². The molecule has 0 unspecified atom stereocenters. The van der Waals surface area contributed by atoms with Gasteiger partial charge in [0.25, 0.3) is 0 Å². The Labute approximate surface area is 166 Å². The molecule has 0 spiro atoms. The number of hydrogen-bond acceptors (Lipinski definition) is 4. The number of piperidine rings is 1. The van der Waals surface area contributed by atoms with E-state index in [2.05, 4.69) is 22.5 Å². The fourth-order valence-electron chi connectivity index (χ4n) is 4.13. The van der Waals surface area contributed by atoms with Crippen LogP contribution in [-0.2, 0) is 13.7 Å². The number of likely N-dealkylation sites (tertiary alicyclic amines) is 1. The van der Waals surface area contributed by atoms with Gasteiger partial charge in [0.15, 0.2) is 10.6 Å². The van der Waals surface area contributed by atoms with Crippen molar-refractivity contribution < 1.29 is 4.79 Å². The first-order valence-electron chi connectivity index (χ1n) is 9.91. The largest absolute Gasteiger partial charge is 0.307 e. The van der Waals surface area contributed by atoms with Crippen LogP contribution in [0, 0.1) is 24.5 Å². The summed E-state index contributed by atoms with van der Waals surface area (Å²) in [5.74, 6) is 2.15. The van der Waals surface area contributed by atoms with Crippen molar-refractivity contribution in [2.24, 2.45) is 13.0 Å². The van der Waals surface area contributed by atoms with Gasteiger partial charge in [-0.3, -0.25) is 9.69 Å². The van der Waals surface area contributed by atoms with Gasteiger partial charge in [-0.25, -0.2) is 4.68 Å². The lowest BCUT2D eigenvalue weighted by atomic mass is 9.87. The zero-order valence-electron chi connectivity index (χ0n) is 16.4. The molecule has 1 aliphatic carbocycles. The number of aryl methyl sites for hydroxylation is 2. The maximum atomic E-state index is 12.9. The van der Waals surface area contributed by atoms with E-state index in [-0.39, 0.29) is 5.92 Å². The summed E-state index contributed by atoms with van der Waals surface area (Å²) >= 11 is 5.57. The number of aromatic nitrogens is 3. The zero-order valence-corrected chi connectivity index (χ0v) is 17.3. The molecule has 0 radical (unpaired) electrons. The van der Waals surface area contributed by atoms with E-state index in [1.54, 1.807) is 0 Å². The number of nitrogens with zero attached hydrogens (tertiary/aromatic N) is 4. The molecule has 0 bridgehead atoms. The van der Waals surface area contributed by atoms with E-state index in [1.807, 2.05) is 30.8 Å². The molecule has 2 aromatic rings. The minimum Gasteiger partial charge on any atom is -0.307 e. The summed E-state index contributed by atoms with van der Waals surface area (Å²) < 4.78 is 4.81. The lowest BCUT2D eigenvalue weighted by molar-refractivity contribution is 0.0802. The van der Waals surface area contributed by atoms with Gasteiger partial charge in [0.1, 0.15) is 5.82 Å². The SMILES string of the molecule is Cc1ccc(C(=O)C2CCN(Cn3nc(C4CC4)n(C)c3=S)CC2)c(C)c1. The number of rotatable bonds is 5. The van der Waals surface area contributed by atoms with E-state index in [9.17, 15) is 4.79 Å². The molecule has 0 atom stereocenters. The Balaban J connectivity index is 1.38. The molecule has 1 aliphatic heterocycles. The van der Waals surface area contributed by atoms with Crippen molar-refractivity contribution in [3.05, 3.63) is 45.5 Å². The molecule has 1 aromatic heterocycles. The summed E-state index contributed by atoms with van der Waals surface area (Å²) in [4.78, 5) is 15.3. The number of ketones is 1. The number of hydrogen-bond donors (Lipinski definition) is 0. The molecule has 144 valence electrons. The third-order valence-corrected chi connectivity index (χ3v) is 6.44. The van der Waals surface area contributed by atoms with Crippen LogP contribution in [0.5, 0.6) is 0 Å². The van der Waals surface area contributed by atoms with Crippen LogP contribution < -0.4 is 0 Å². The van der Waals surface area contributed by atoms with Crippen molar-refractivity contribution in [1.82, 2.24) is 19.2 Å². The predicted molar refractivity (Wildman–Crippen MR) is 109 cm³/mol. The Morgan fingerprint density at radius 3 is 2.52 bits per heavy atom. The summed E-state index contributed by atoms with van der Waals surface area (Å²) in [6, 6.07) is 6.13. The highest BCUT2D eigenvalue weighted by Crippen LogP contribution is 2.38. The van der Waals surface area contributed by atoms with E-state index in [0.29, 0.717) is 11.7 Å². The Bertz CT molecular complexity index is 917. The number of Topliss-reactive ketones (excluding diaryl/α,β-unsaturated/α-hetero) is 1. The highest BCUT2D eigenvalue weighted by molar-refractivity contribution is 7.71. The molecule has 6 heteroatoms. The van der Waals surface area contributed by atoms with Gasteiger partial charge < -0.3 is 4.57 Å². The summed E-state index contributed by atoms with van der Waals surface area (Å²) in [6.07, 6.45) is 4.26. The molecular formula is C21H28N4OS. The number of carbonyl (C=O) groups is 1. The summed E-state index contributed by atoms with van der Waals surface area (Å²) in [7, 11) is 2.02. The molecule has 2 fully saturated rings. The second-order valence-corrected chi connectivity index (χ2v) is 8.56.